The molecule has 2 atom stereocenters. The van der Waals surface area contributed by atoms with Crippen LogP contribution >= 0.6 is 11.6 Å². The molecule has 2 aromatic heterocycles. The van der Waals surface area contributed by atoms with Crippen LogP contribution in [0.15, 0.2) is 47.6 Å². The van der Waals surface area contributed by atoms with Gasteiger partial charge in [0.15, 0.2) is 0 Å². The fraction of sp³-hybridized carbons (Fsp3) is 0.333. The molecule has 29 heavy (non-hydrogen) atoms. The Kier molecular flexibility index (Phi) is 5.60. The molecule has 0 spiro atoms. The lowest BCUT2D eigenvalue weighted by Crippen LogP contribution is -2.35. The summed E-state index contributed by atoms with van der Waals surface area (Å²) in [6.07, 6.45) is 4.04. The van der Waals surface area contributed by atoms with Crippen molar-refractivity contribution in [2.75, 3.05) is 11.9 Å². The molecule has 1 aromatic carbocycles. The zero-order valence-electron chi connectivity index (χ0n) is 16.0. The highest BCUT2D eigenvalue weighted by Gasteiger charge is 2.28. The van der Waals surface area contributed by atoms with Gasteiger partial charge in [0.1, 0.15) is 11.5 Å². The van der Waals surface area contributed by atoms with E-state index in [9.17, 15) is 9.90 Å². The van der Waals surface area contributed by atoms with Crippen molar-refractivity contribution in [3.63, 3.8) is 0 Å². The van der Waals surface area contributed by atoms with E-state index in [-0.39, 0.29) is 29.8 Å². The first kappa shape index (κ1) is 19.5. The molecular weight excluding hydrogens is 390 g/mol. The maximum Gasteiger partial charge on any atom is 0.276 e. The van der Waals surface area contributed by atoms with E-state index in [0.717, 1.165) is 29.6 Å². The van der Waals surface area contributed by atoms with Crippen LogP contribution in [0.25, 0.3) is 11.0 Å². The lowest BCUT2D eigenvalue weighted by molar-refractivity contribution is 0.100. The fourth-order valence-corrected chi connectivity index (χ4v) is 3.90. The van der Waals surface area contributed by atoms with Gasteiger partial charge < -0.3 is 15.0 Å². The molecule has 0 saturated heterocycles. The molecule has 150 valence electrons. The summed E-state index contributed by atoms with van der Waals surface area (Å²) in [5.41, 5.74) is 2.01. The molecule has 1 aliphatic rings. The van der Waals surface area contributed by atoms with Gasteiger partial charge >= 0.3 is 0 Å². The minimum atomic E-state index is -0.282. The van der Waals surface area contributed by atoms with Crippen LogP contribution in [0.1, 0.15) is 29.6 Å². The fourth-order valence-electron chi connectivity index (χ4n) is 3.74. The van der Waals surface area contributed by atoms with Crippen LogP contribution in [0.2, 0.25) is 5.28 Å². The largest absolute Gasteiger partial charge is 0.396 e. The smallest absolute Gasteiger partial charge is 0.276 e. The number of fused-ring (bicyclic) bond motifs is 1. The SMILES string of the molecule is Cn1ccc2c(NC3CCC(CO)C(=NC(=O)c4ccccc4)C3)nc(Cl)nc21. The number of halogens is 1. The Bertz CT molecular complexity index is 1060. The predicted octanol–water partition coefficient (Wildman–Crippen LogP) is 3.48. The lowest BCUT2D eigenvalue weighted by Gasteiger charge is -2.30. The van der Waals surface area contributed by atoms with Crippen LogP contribution in [0.4, 0.5) is 5.82 Å². The number of benzene rings is 1. The van der Waals surface area contributed by atoms with E-state index in [1.165, 1.54) is 0 Å². The average molecular weight is 412 g/mol. The Morgan fingerprint density at radius 2 is 2.07 bits per heavy atom. The van der Waals surface area contributed by atoms with Gasteiger partial charge in [-0.2, -0.15) is 4.98 Å². The molecule has 1 saturated carbocycles. The summed E-state index contributed by atoms with van der Waals surface area (Å²) in [5, 5.41) is 14.3. The second kappa shape index (κ2) is 8.31. The van der Waals surface area contributed by atoms with Gasteiger partial charge in [-0.15, -0.1) is 0 Å². The monoisotopic (exact) mass is 411 g/mol. The minimum absolute atomic E-state index is 0.0180. The first-order chi connectivity index (χ1) is 14.0. The zero-order valence-corrected chi connectivity index (χ0v) is 16.8. The second-order valence-electron chi connectivity index (χ2n) is 7.28. The number of aliphatic imine (C=N–C) groups is 1. The highest BCUT2D eigenvalue weighted by Crippen LogP contribution is 2.28. The van der Waals surface area contributed by atoms with Crippen LogP contribution in [0.3, 0.4) is 0 Å². The summed E-state index contributed by atoms with van der Waals surface area (Å²) in [6, 6.07) is 11.0. The number of nitrogens with one attached hydrogen (secondary N) is 1. The van der Waals surface area contributed by atoms with Crippen molar-refractivity contribution in [2.45, 2.75) is 25.3 Å². The van der Waals surface area contributed by atoms with E-state index in [2.05, 4.69) is 20.3 Å². The van der Waals surface area contributed by atoms with Crippen LogP contribution in [-0.2, 0) is 7.05 Å². The number of aliphatic hydroxyl groups excluding tert-OH is 1. The summed E-state index contributed by atoms with van der Waals surface area (Å²) < 4.78 is 1.89. The molecule has 7 nitrogen and oxygen atoms in total. The van der Waals surface area contributed by atoms with Gasteiger partial charge in [-0.05, 0) is 42.6 Å². The Morgan fingerprint density at radius 1 is 1.28 bits per heavy atom. The van der Waals surface area contributed by atoms with Crippen molar-refractivity contribution in [1.29, 1.82) is 0 Å². The van der Waals surface area contributed by atoms with Crippen molar-refractivity contribution in [2.24, 2.45) is 18.0 Å². The van der Waals surface area contributed by atoms with E-state index in [4.69, 9.17) is 11.6 Å². The summed E-state index contributed by atoms with van der Waals surface area (Å²) in [7, 11) is 1.90. The molecule has 1 amide bonds. The number of amides is 1. The van der Waals surface area contributed by atoms with Crippen molar-refractivity contribution in [1.82, 2.24) is 14.5 Å². The lowest BCUT2D eigenvalue weighted by atomic mass is 9.84. The highest BCUT2D eigenvalue weighted by molar-refractivity contribution is 6.28. The molecule has 1 fully saturated rings. The number of aliphatic hydroxyl groups is 1. The highest BCUT2D eigenvalue weighted by atomic mass is 35.5. The van der Waals surface area contributed by atoms with Gasteiger partial charge in [-0.3, -0.25) is 4.79 Å². The number of aryl methyl sites for hydroxylation is 1. The molecule has 0 radical (unpaired) electrons. The summed E-state index contributed by atoms with van der Waals surface area (Å²) in [5.74, 6) is 0.281. The van der Waals surface area contributed by atoms with Crippen LogP contribution < -0.4 is 5.32 Å². The normalized spacial score (nSPS) is 20.9. The third-order valence-corrected chi connectivity index (χ3v) is 5.48. The Morgan fingerprint density at radius 3 is 2.83 bits per heavy atom. The Labute approximate surface area is 173 Å². The van der Waals surface area contributed by atoms with Crippen molar-refractivity contribution in [3.8, 4) is 0 Å². The van der Waals surface area contributed by atoms with E-state index < -0.39 is 0 Å². The van der Waals surface area contributed by atoms with Crippen molar-refractivity contribution < 1.29 is 9.90 Å². The number of hydrogen-bond acceptors (Lipinski definition) is 5. The Balaban J connectivity index is 1.57. The van der Waals surface area contributed by atoms with Crippen LogP contribution in [0.5, 0.6) is 0 Å². The topological polar surface area (TPSA) is 92.4 Å². The number of carbonyl (C=O) groups excluding carboxylic acids is 1. The standard InChI is InChI=1S/C21H22ClN5O2/c1-27-10-9-16-18(25-21(22)26-19(16)27)23-15-8-7-14(12-28)17(11-15)24-20(29)13-5-3-2-4-6-13/h2-6,9-10,14-15,28H,7-8,11-12H2,1H3,(H,23,25,26). The Hall–Kier alpha value is -2.77. The van der Waals surface area contributed by atoms with Gasteiger partial charge in [-0.25, -0.2) is 9.98 Å². The number of rotatable bonds is 4. The van der Waals surface area contributed by atoms with Gasteiger partial charge in [0.25, 0.3) is 5.91 Å². The summed E-state index contributed by atoms with van der Waals surface area (Å²) in [4.78, 5) is 25.5. The third kappa shape index (κ3) is 4.16. The zero-order chi connectivity index (χ0) is 20.4. The van der Waals surface area contributed by atoms with Gasteiger partial charge in [0.2, 0.25) is 5.28 Å². The van der Waals surface area contributed by atoms with Gasteiger partial charge in [0, 0.05) is 42.9 Å². The van der Waals surface area contributed by atoms with E-state index >= 15 is 0 Å². The predicted molar refractivity (Wildman–Crippen MR) is 114 cm³/mol. The van der Waals surface area contributed by atoms with E-state index in [1.54, 1.807) is 12.1 Å². The first-order valence-corrected chi connectivity index (χ1v) is 9.95. The quantitative estimate of drug-likeness (QED) is 0.641. The molecular formula is C21H22ClN5O2. The molecule has 0 bridgehead atoms. The first-order valence-electron chi connectivity index (χ1n) is 9.58. The van der Waals surface area contributed by atoms with E-state index in [1.807, 2.05) is 42.1 Å². The molecule has 8 heteroatoms. The molecule has 3 aromatic rings. The van der Waals surface area contributed by atoms with Gasteiger partial charge in [0.05, 0.1) is 12.0 Å². The number of carbonyl (C=O) groups is 1. The maximum absolute atomic E-state index is 12.5. The summed E-state index contributed by atoms with van der Waals surface area (Å²) in [6.45, 7) is -0.0180. The number of nitrogens with zero attached hydrogens (tertiary/aromatic N) is 4. The molecule has 4 rings (SSSR count). The second-order valence-corrected chi connectivity index (χ2v) is 7.62. The van der Waals surface area contributed by atoms with Crippen molar-refractivity contribution in [3.05, 3.63) is 53.4 Å². The molecule has 2 unspecified atom stereocenters. The molecule has 0 aliphatic heterocycles. The molecule has 2 N–H and O–H groups in total. The van der Waals surface area contributed by atoms with Crippen LogP contribution in [-0.4, -0.2) is 43.9 Å². The number of hydrogen-bond donors (Lipinski definition) is 2. The minimum Gasteiger partial charge on any atom is -0.396 e. The number of aromatic nitrogens is 3. The molecule has 2 heterocycles. The summed E-state index contributed by atoms with van der Waals surface area (Å²) >= 11 is 6.10. The van der Waals surface area contributed by atoms with Crippen LogP contribution in [0, 0.1) is 5.92 Å². The number of anilines is 1. The van der Waals surface area contributed by atoms with Crippen molar-refractivity contribution >= 4 is 40.1 Å². The maximum atomic E-state index is 12.5. The van der Waals surface area contributed by atoms with Gasteiger partial charge in [-0.1, -0.05) is 18.2 Å². The third-order valence-electron chi connectivity index (χ3n) is 5.31. The average Bonchev–Trinajstić information content (AvgIpc) is 3.10. The van der Waals surface area contributed by atoms with E-state index in [0.29, 0.717) is 17.8 Å². The molecule has 1 aliphatic carbocycles.